The summed E-state index contributed by atoms with van der Waals surface area (Å²) in [6.45, 7) is 15.4. The van der Waals surface area contributed by atoms with Gasteiger partial charge in [-0.15, -0.1) is 18.1 Å². The van der Waals surface area contributed by atoms with E-state index in [0.717, 1.165) is 17.0 Å². The van der Waals surface area contributed by atoms with E-state index in [1.54, 1.807) is 22.9 Å². The number of benzene rings is 1. The van der Waals surface area contributed by atoms with Crippen molar-refractivity contribution in [3.8, 4) is 17.3 Å². The van der Waals surface area contributed by atoms with Crippen LogP contribution in [0.4, 0.5) is 0 Å². The summed E-state index contributed by atoms with van der Waals surface area (Å²) >= 11 is 6.14. The topological polar surface area (TPSA) is 109 Å². The first-order valence-electron chi connectivity index (χ1n) is 11.6. The Labute approximate surface area is 212 Å². The molecule has 0 bridgehead atoms. The zero-order valence-electron chi connectivity index (χ0n) is 21.3. The van der Waals surface area contributed by atoms with Crippen LogP contribution in [-0.2, 0) is 11.0 Å². The van der Waals surface area contributed by atoms with Crippen molar-refractivity contribution in [3.05, 3.63) is 58.5 Å². The molecule has 0 saturated heterocycles. The van der Waals surface area contributed by atoms with E-state index in [-0.39, 0.29) is 23.1 Å². The van der Waals surface area contributed by atoms with E-state index in [4.69, 9.17) is 21.3 Å². The van der Waals surface area contributed by atoms with Crippen LogP contribution >= 0.6 is 11.6 Å². The standard InChI is InChI=1S/C25H33ClN6O2Si/c1-16(15-32-11-10-21(31-32)18-8-9-19(14-27)20(26)12-18)28-24(33)23-13-22(29-30-23)17(2)34-35(6,7)25(3,4)5/h8-13,16-17H,15H2,1-7H3,(H,28,33)(H,29,30)/q-1/t16-,17-/m0/s1. The predicted molar refractivity (Wildman–Crippen MR) is 140 cm³/mol. The molecule has 2 heterocycles. The molecule has 8 nitrogen and oxygen atoms in total. The molecule has 3 rings (SSSR count). The highest BCUT2D eigenvalue weighted by atomic mass is 35.5. The number of nitrogens with one attached hydrogen (secondary N) is 2. The van der Waals surface area contributed by atoms with Crippen molar-refractivity contribution in [1.82, 2.24) is 25.3 Å². The Hall–Kier alpha value is -2.93. The largest absolute Gasteiger partial charge is 0.558 e. The lowest BCUT2D eigenvalue weighted by Crippen LogP contribution is -2.41. The summed E-state index contributed by atoms with van der Waals surface area (Å²) in [5.74, 6) is -0.259. The molecule has 0 fully saturated rings. The summed E-state index contributed by atoms with van der Waals surface area (Å²) in [7, 11) is -1.95. The van der Waals surface area contributed by atoms with Crippen LogP contribution in [0.3, 0.4) is 0 Å². The minimum absolute atomic E-state index is 0.0929. The van der Waals surface area contributed by atoms with E-state index in [1.807, 2.05) is 38.2 Å². The van der Waals surface area contributed by atoms with Gasteiger partial charge in [-0.2, -0.15) is 15.5 Å². The minimum Gasteiger partial charge on any atom is -0.558 e. The van der Waals surface area contributed by atoms with Crippen molar-refractivity contribution in [2.75, 3.05) is 0 Å². The van der Waals surface area contributed by atoms with E-state index in [2.05, 4.69) is 54.5 Å². The lowest BCUT2D eigenvalue weighted by Gasteiger charge is -2.50. The summed E-state index contributed by atoms with van der Waals surface area (Å²) in [5, 5.41) is 24.2. The Morgan fingerprint density at radius 3 is 2.63 bits per heavy atom. The fourth-order valence-corrected chi connectivity index (χ4v) is 4.94. The summed E-state index contributed by atoms with van der Waals surface area (Å²) in [5.41, 5.74) is 3.09. The molecule has 35 heavy (non-hydrogen) atoms. The molecule has 0 spiro atoms. The average Bonchev–Trinajstić information content (AvgIpc) is 3.42. The molecule has 0 aliphatic rings. The van der Waals surface area contributed by atoms with Gasteiger partial charge < -0.3 is 9.74 Å². The Kier molecular flexibility index (Phi) is 7.89. The van der Waals surface area contributed by atoms with Crippen LogP contribution in [0.25, 0.3) is 11.3 Å². The highest BCUT2D eigenvalue weighted by molar-refractivity contribution is 6.74. The molecule has 2 atom stereocenters. The third-order valence-corrected chi connectivity index (χ3v) is 11.3. The zero-order chi connectivity index (χ0) is 26.0. The van der Waals surface area contributed by atoms with Gasteiger partial charge in [-0.3, -0.25) is 14.6 Å². The van der Waals surface area contributed by atoms with Crippen molar-refractivity contribution < 1.29 is 9.22 Å². The van der Waals surface area contributed by atoms with Gasteiger partial charge in [0, 0.05) is 17.8 Å². The second kappa shape index (κ2) is 10.4. The molecule has 1 amide bonds. The number of nitriles is 1. The van der Waals surface area contributed by atoms with Crippen LogP contribution < -0.4 is 5.32 Å². The van der Waals surface area contributed by atoms with Gasteiger partial charge in [-0.1, -0.05) is 38.4 Å². The smallest absolute Gasteiger partial charge is 0.272 e. The second-order valence-electron chi connectivity index (χ2n) is 10.3. The van der Waals surface area contributed by atoms with E-state index in [0.29, 0.717) is 22.8 Å². The molecule has 0 aliphatic carbocycles. The number of aromatic amines is 1. The third kappa shape index (κ3) is 6.39. The van der Waals surface area contributed by atoms with Gasteiger partial charge in [0.05, 0.1) is 34.6 Å². The maximum Gasteiger partial charge on any atom is 0.272 e. The van der Waals surface area contributed by atoms with Crippen molar-refractivity contribution in [1.29, 1.82) is 5.26 Å². The molecule has 0 saturated carbocycles. The zero-order valence-corrected chi connectivity index (χ0v) is 23.1. The van der Waals surface area contributed by atoms with Crippen LogP contribution in [0.15, 0.2) is 36.5 Å². The molecule has 0 aliphatic heterocycles. The maximum absolute atomic E-state index is 12.8. The van der Waals surface area contributed by atoms with Crippen molar-refractivity contribution in [3.63, 3.8) is 0 Å². The predicted octanol–water partition coefficient (Wildman–Crippen LogP) is 5.70. The summed E-state index contributed by atoms with van der Waals surface area (Å²) in [4.78, 5) is 12.8. The number of nitrogens with zero attached hydrogens (tertiary/aromatic N) is 4. The van der Waals surface area contributed by atoms with Gasteiger partial charge in [-0.05, 0) is 46.4 Å². The number of carbonyl (C=O) groups excluding carboxylic acids is 1. The molecule has 3 aromatic rings. The highest BCUT2D eigenvalue weighted by Gasteiger charge is 2.27. The molecule has 187 valence electrons. The lowest BCUT2D eigenvalue weighted by molar-refractivity contribution is 0.0931. The van der Waals surface area contributed by atoms with E-state index in [9.17, 15) is 4.79 Å². The summed E-state index contributed by atoms with van der Waals surface area (Å²) in [6, 6.07) is 10.7. The number of carbonyl (C=O) groups is 1. The van der Waals surface area contributed by atoms with Crippen LogP contribution in [0.2, 0.25) is 23.2 Å². The van der Waals surface area contributed by atoms with Crippen LogP contribution in [0.5, 0.6) is 0 Å². The third-order valence-electron chi connectivity index (χ3n) is 6.41. The molecule has 10 heteroatoms. The number of rotatable bonds is 8. The van der Waals surface area contributed by atoms with Gasteiger partial charge >= 0.3 is 0 Å². The highest BCUT2D eigenvalue weighted by Crippen LogP contribution is 2.39. The number of H-pyrrole nitrogens is 1. The molecule has 0 radical (unpaired) electrons. The number of halogens is 1. The summed E-state index contributed by atoms with van der Waals surface area (Å²) in [6.07, 6.45) is 1.66. The molecular formula is C25H33ClN6O2Si-. The fourth-order valence-electron chi connectivity index (χ4n) is 3.35. The van der Waals surface area contributed by atoms with Crippen molar-refractivity contribution in [2.24, 2.45) is 0 Å². The van der Waals surface area contributed by atoms with Gasteiger partial charge in [0.25, 0.3) is 5.91 Å². The molecular weight excluding hydrogens is 480 g/mol. The Morgan fingerprint density at radius 2 is 2.00 bits per heavy atom. The SMILES string of the molecule is C[C@H](O[Si-](C)(C)C(C)(C)C)c1cc(C(=O)N[C@@H](C)Cn2ccc(-c3ccc(C#N)c(Cl)c3)n2)n[nH]1. The molecule has 1 aromatic carbocycles. The molecule has 0 unspecified atom stereocenters. The minimum atomic E-state index is -1.95. The Balaban J connectivity index is 1.59. The summed E-state index contributed by atoms with van der Waals surface area (Å²) < 4.78 is 8.16. The Morgan fingerprint density at radius 1 is 1.29 bits per heavy atom. The van der Waals surface area contributed by atoms with Gasteiger partial charge in [0.15, 0.2) is 0 Å². The number of amides is 1. The Bertz CT molecular complexity index is 1240. The first-order chi connectivity index (χ1) is 16.3. The van der Waals surface area contributed by atoms with Crippen molar-refractivity contribution >= 4 is 25.8 Å². The number of hydrogen-bond donors (Lipinski definition) is 2. The van der Waals surface area contributed by atoms with Crippen LogP contribution in [0, 0.1) is 11.3 Å². The van der Waals surface area contributed by atoms with E-state index < -0.39 is 8.32 Å². The maximum atomic E-state index is 12.8. The monoisotopic (exact) mass is 512 g/mol. The van der Waals surface area contributed by atoms with Crippen LogP contribution in [-0.4, -0.2) is 40.2 Å². The normalized spacial score (nSPS) is 13.8. The van der Waals surface area contributed by atoms with Gasteiger partial charge in [0.1, 0.15) is 11.8 Å². The van der Waals surface area contributed by atoms with E-state index in [1.165, 1.54) is 0 Å². The van der Waals surface area contributed by atoms with Crippen molar-refractivity contribution in [2.45, 2.75) is 71.4 Å². The number of hydrogen-bond acceptors (Lipinski definition) is 5. The molecule has 2 N–H and O–H groups in total. The quantitative estimate of drug-likeness (QED) is 0.376. The van der Waals surface area contributed by atoms with Gasteiger partial charge in [-0.25, -0.2) is 0 Å². The first-order valence-corrected chi connectivity index (χ1v) is 14.9. The van der Waals surface area contributed by atoms with Gasteiger partial charge in [0.2, 0.25) is 0 Å². The lowest BCUT2D eigenvalue weighted by atomic mass is 10.1. The second-order valence-corrected chi connectivity index (χ2v) is 15.5. The first kappa shape index (κ1) is 26.7. The van der Waals surface area contributed by atoms with E-state index >= 15 is 0 Å². The average molecular weight is 513 g/mol. The molecule has 2 aromatic heterocycles. The number of aromatic nitrogens is 4. The van der Waals surface area contributed by atoms with Crippen LogP contribution in [0.1, 0.15) is 62.5 Å². The fraction of sp³-hybridized carbons (Fsp3) is 0.440.